The average molecular weight is 186 g/mol. The van der Waals surface area contributed by atoms with Gasteiger partial charge in [0.2, 0.25) is 11.8 Å². The molecule has 0 aliphatic heterocycles. The standard InChI is InChI=1S/C9H18N2O2/c1-7(2)4-5-10-9(13)6-11-8(3)12/h7H,4-6H2,1-3H3,(H,10,13)(H,11,12). The van der Waals surface area contributed by atoms with Gasteiger partial charge >= 0.3 is 0 Å². The summed E-state index contributed by atoms with van der Waals surface area (Å²) in [4.78, 5) is 21.4. The van der Waals surface area contributed by atoms with Crippen molar-refractivity contribution >= 4 is 11.8 Å². The zero-order valence-electron chi connectivity index (χ0n) is 8.52. The van der Waals surface area contributed by atoms with Crippen molar-refractivity contribution in [2.75, 3.05) is 13.1 Å². The molecule has 0 spiro atoms. The van der Waals surface area contributed by atoms with Crippen LogP contribution in [0.5, 0.6) is 0 Å². The smallest absolute Gasteiger partial charge is 0.239 e. The van der Waals surface area contributed by atoms with Crippen LogP contribution < -0.4 is 10.6 Å². The van der Waals surface area contributed by atoms with Gasteiger partial charge in [0.1, 0.15) is 0 Å². The van der Waals surface area contributed by atoms with E-state index in [0.29, 0.717) is 12.5 Å². The van der Waals surface area contributed by atoms with Crippen LogP contribution in [0.1, 0.15) is 27.2 Å². The molecule has 4 heteroatoms. The molecule has 4 nitrogen and oxygen atoms in total. The van der Waals surface area contributed by atoms with E-state index in [-0.39, 0.29) is 18.4 Å². The summed E-state index contributed by atoms with van der Waals surface area (Å²) < 4.78 is 0. The van der Waals surface area contributed by atoms with Crippen molar-refractivity contribution in [2.45, 2.75) is 27.2 Å². The maximum absolute atomic E-state index is 11.0. The Labute approximate surface area is 79.1 Å². The van der Waals surface area contributed by atoms with Crippen molar-refractivity contribution in [3.63, 3.8) is 0 Å². The third kappa shape index (κ3) is 8.85. The van der Waals surface area contributed by atoms with E-state index >= 15 is 0 Å². The molecule has 0 fully saturated rings. The molecule has 0 aromatic heterocycles. The van der Waals surface area contributed by atoms with Crippen LogP contribution in [0.2, 0.25) is 0 Å². The van der Waals surface area contributed by atoms with Gasteiger partial charge in [-0.15, -0.1) is 0 Å². The highest BCUT2D eigenvalue weighted by Gasteiger charge is 2.01. The number of carbonyl (C=O) groups excluding carboxylic acids is 2. The lowest BCUT2D eigenvalue weighted by Gasteiger charge is -2.06. The van der Waals surface area contributed by atoms with Crippen LogP contribution in [0.15, 0.2) is 0 Å². The van der Waals surface area contributed by atoms with Gasteiger partial charge in [-0.25, -0.2) is 0 Å². The number of hydrogen-bond donors (Lipinski definition) is 2. The average Bonchev–Trinajstić information content (AvgIpc) is 2.00. The zero-order chi connectivity index (χ0) is 10.3. The fourth-order valence-corrected chi connectivity index (χ4v) is 0.768. The van der Waals surface area contributed by atoms with Gasteiger partial charge in [-0.2, -0.15) is 0 Å². The van der Waals surface area contributed by atoms with Crippen LogP contribution in [0.25, 0.3) is 0 Å². The number of amides is 2. The highest BCUT2D eigenvalue weighted by Crippen LogP contribution is 1.95. The van der Waals surface area contributed by atoms with Gasteiger partial charge in [-0.1, -0.05) is 13.8 Å². The molecule has 0 unspecified atom stereocenters. The lowest BCUT2D eigenvalue weighted by Crippen LogP contribution is -2.36. The molecule has 76 valence electrons. The first-order valence-corrected chi connectivity index (χ1v) is 4.53. The van der Waals surface area contributed by atoms with E-state index in [1.54, 1.807) is 0 Å². The highest BCUT2D eigenvalue weighted by molar-refractivity contribution is 5.83. The molecular weight excluding hydrogens is 168 g/mol. The van der Waals surface area contributed by atoms with E-state index in [1.165, 1.54) is 6.92 Å². The minimum Gasteiger partial charge on any atom is -0.355 e. The molecule has 0 aromatic rings. The minimum atomic E-state index is -0.181. The molecule has 0 saturated heterocycles. The Bertz CT molecular complexity index is 178. The number of carbonyl (C=O) groups is 2. The summed E-state index contributed by atoms with van der Waals surface area (Å²) in [7, 11) is 0. The lowest BCUT2D eigenvalue weighted by atomic mass is 10.1. The second-order valence-corrected chi connectivity index (χ2v) is 3.44. The van der Waals surface area contributed by atoms with Gasteiger partial charge in [0.15, 0.2) is 0 Å². The summed E-state index contributed by atoms with van der Waals surface area (Å²) in [5.41, 5.74) is 0. The summed E-state index contributed by atoms with van der Waals surface area (Å²) in [6.45, 7) is 6.34. The molecule has 2 N–H and O–H groups in total. The molecule has 0 heterocycles. The third-order valence-corrected chi connectivity index (χ3v) is 1.54. The molecule has 0 aliphatic carbocycles. The molecular formula is C9H18N2O2. The summed E-state index contributed by atoms with van der Waals surface area (Å²) >= 11 is 0. The van der Waals surface area contributed by atoms with Crippen molar-refractivity contribution in [1.82, 2.24) is 10.6 Å². The number of rotatable bonds is 5. The van der Waals surface area contributed by atoms with Crippen LogP contribution in [-0.4, -0.2) is 24.9 Å². The summed E-state index contributed by atoms with van der Waals surface area (Å²) in [6.07, 6.45) is 0.964. The summed E-state index contributed by atoms with van der Waals surface area (Å²) in [5, 5.41) is 5.15. The monoisotopic (exact) mass is 186 g/mol. The van der Waals surface area contributed by atoms with Crippen LogP contribution in [0, 0.1) is 5.92 Å². The molecule has 0 saturated carbocycles. The second kappa shape index (κ2) is 6.46. The number of hydrogen-bond acceptors (Lipinski definition) is 2. The van der Waals surface area contributed by atoms with Crippen LogP contribution in [0.3, 0.4) is 0 Å². The molecule has 0 aromatic carbocycles. The van der Waals surface area contributed by atoms with Crippen molar-refractivity contribution in [2.24, 2.45) is 5.92 Å². The van der Waals surface area contributed by atoms with E-state index < -0.39 is 0 Å². The van der Waals surface area contributed by atoms with E-state index in [4.69, 9.17) is 0 Å². The van der Waals surface area contributed by atoms with E-state index in [9.17, 15) is 9.59 Å². The lowest BCUT2D eigenvalue weighted by molar-refractivity contribution is -0.125. The molecule has 0 atom stereocenters. The Hall–Kier alpha value is -1.06. The fourth-order valence-electron chi connectivity index (χ4n) is 0.768. The molecule has 0 aliphatic rings. The van der Waals surface area contributed by atoms with Crippen molar-refractivity contribution < 1.29 is 9.59 Å². The Morgan fingerprint density at radius 1 is 1.23 bits per heavy atom. The maximum Gasteiger partial charge on any atom is 0.239 e. The van der Waals surface area contributed by atoms with E-state index in [2.05, 4.69) is 24.5 Å². The first-order chi connectivity index (χ1) is 6.02. The van der Waals surface area contributed by atoms with Gasteiger partial charge in [0, 0.05) is 13.5 Å². The fraction of sp³-hybridized carbons (Fsp3) is 0.778. The number of nitrogens with one attached hydrogen (secondary N) is 2. The molecule has 0 radical (unpaired) electrons. The van der Waals surface area contributed by atoms with Gasteiger partial charge in [-0.3, -0.25) is 9.59 Å². The SMILES string of the molecule is CC(=O)NCC(=O)NCCC(C)C. The second-order valence-electron chi connectivity index (χ2n) is 3.44. The van der Waals surface area contributed by atoms with Crippen molar-refractivity contribution in [1.29, 1.82) is 0 Å². The summed E-state index contributed by atoms with van der Waals surface area (Å²) in [5.74, 6) is 0.274. The Morgan fingerprint density at radius 3 is 2.31 bits per heavy atom. The van der Waals surface area contributed by atoms with Crippen molar-refractivity contribution in [3.8, 4) is 0 Å². The minimum absolute atomic E-state index is 0.0768. The highest BCUT2D eigenvalue weighted by atomic mass is 16.2. The van der Waals surface area contributed by atoms with Crippen molar-refractivity contribution in [3.05, 3.63) is 0 Å². The Morgan fingerprint density at radius 2 is 1.85 bits per heavy atom. The first kappa shape index (κ1) is 11.9. The predicted octanol–water partition coefficient (Wildman–Crippen LogP) is 0.285. The van der Waals surface area contributed by atoms with Crippen LogP contribution in [0.4, 0.5) is 0 Å². The Balaban J connectivity index is 3.36. The van der Waals surface area contributed by atoms with E-state index in [1.807, 2.05) is 0 Å². The predicted molar refractivity (Wildman–Crippen MR) is 51.1 cm³/mol. The van der Waals surface area contributed by atoms with E-state index in [0.717, 1.165) is 6.42 Å². The largest absolute Gasteiger partial charge is 0.355 e. The van der Waals surface area contributed by atoms with Gasteiger partial charge in [0.25, 0.3) is 0 Å². The van der Waals surface area contributed by atoms with Gasteiger partial charge < -0.3 is 10.6 Å². The Kier molecular flexibility index (Phi) is 5.93. The molecule has 13 heavy (non-hydrogen) atoms. The van der Waals surface area contributed by atoms with Crippen LogP contribution in [-0.2, 0) is 9.59 Å². The van der Waals surface area contributed by atoms with Crippen LogP contribution >= 0.6 is 0 Å². The molecule has 2 amide bonds. The summed E-state index contributed by atoms with van der Waals surface area (Å²) in [6, 6.07) is 0. The third-order valence-electron chi connectivity index (χ3n) is 1.54. The normalized spacial score (nSPS) is 9.85. The van der Waals surface area contributed by atoms with Gasteiger partial charge in [0.05, 0.1) is 6.54 Å². The zero-order valence-corrected chi connectivity index (χ0v) is 8.52. The van der Waals surface area contributed by atoms with Gasteiger partial charge in [-0.05, 0) is 12.3 Å². The molecule has 0 rings (SSSR count). The molecule has 0 bridgehead atoms. The quantitative estimate of drug-likeness (QED) is 0.648. The first-order valence-electron chi connectivity index (χ1n) is 4.53. The topological polar surface area (TPSA) is 58.2 Å². The maximum atomic E-state index is 11.0.